The van der Waals surface area contributed by atoms with E-state index < -0.39 is 0 Å². The number of aliphatic imine (C=N–C) groups is 1. The molecule has 0 bridgehead atoms. The van der Waals surface area contributed by atoms with Crippen molar-refractivity contribution in [3.8, 4) is 0 Å². The van der Waals surface area contributed by atoms with Gasteiger partial charge >= 0.3 is 0 Å². The van der Waals surface area contributed by atoms with Crippen LogP contribution >= 0.6 is 39.9 Å². The van der Waals surface area contributed by atoms with Gasteiger partial charge in [0, 0.05) is 36.5 Å². The molecule has 0 aliphatic carbocycles. The van der Waals surface area contributed by atoms with E-state index in [1.807, 2.05) is 32.0 Å². The highest BCUT2D eigenvalue weighted by Crippen LogP contribution is 2.20. The Hall–Kier alpha value is -0.870. The lowest BCUT2D eigenvalue weighted by Crippen LogP contribution is -2.38. The molecule has 8 heteroatoms. The Morgan fingerprint density at radius 2 is 2.04 bits per heavy atom. The molecule has 1 amide bonds. The molecule has 3 N–H and O–H groups in total. The predicted octanol–water partition coefficient (Wildman–Crippen LogP) is 3.93. The summed E-state index contributed by atoms with van der Waals surface area (Å²) in [4.78, 5) is 16.5. The molecule has 0 aliphatic rings. The smallest absolute Gasteiger partial charge is 0.246 e. The number of amides is 1. The Labute approximate surface area is 188 Å². The van der Waals surface area contributed by atoms with E-state index in [1.165, 1.54) is 0 Å². The third kappa shape index (κ3) is 12.2. The summed E-state index contributed by atoms with van der Waals surface area (Å²) in [5.41, 5.74) is 1.80. The Morgan fingerprint density at radius 3 is 2.70 bits per heavy atom. The highest BCUT2D eigenvalue weighted by atomic mass is 127. The lowest BCUT2D eigenvalue weighted by Gasteiger charge is -2.12. The molecule has 0 saturated carbocycles. The van der Waals surface area contributed by atoms with E-state index in [0.29, 0.717) is 18.5 Å². The van der Waals surface area contributed by atoms with Crippen LogP contribution in [0.5, 0.6) is 0 Å². The fourth-order valence-corrected chi connectivity index (χ4v) is 2.47. The highest BCUT2D eigenvalue weighted by molar-refractivity contribution is 14.0. The summed E-state index contributed by atoms with van der Waals surface area (Å²) in [5.74, 6) is 1.04. The van der Waals surface area contributed by atoms with Gasteiger partial charge < -0.3 is 20.7 Å². The number of nitrogens with one attached hydrogen (secondary N) is 3. The topological polar surface area (TPSA) is 74.8 Å². The summed E-state index contributed by atoms with van der Waals surface area (Å²) in [7, 11) is 0. The van der Waals surface area contributed by atoms with Gasteiger partial charge in [0.05, 0.1) is 0 Å². The summed E-state index contributed by atoms with van der Waals surface area (Å²) in [5, 5.41) is 9.25. The van der Waals surface area contributed by atoms with Crippen molar-refractivity contribution in [1.82, 2.24) is 10.6 Å². The normalized spacial score (nSPS) is 11.1. The molecule has 0 aromatic heterocycles. The molecule has 0 unspecified atom stereocenters. The number of nitrogens with zero attached hydrogens (tertiary/aromatic N) is 1. The van der Waals surface area contributed by atoms with Crippen molar-refractivity contribution in [3.05, 3.63) is 28.2 Å². The second-order valence-corrected chi connectivity index (χ2v) is 7.37. The average molecular weight is 555 g/mol. The fraction of sp³-hybridized carbons (Fsp3) is 0.579. The Morgan fingerprint density at radius 1 is 1.30 bits per heavy atom. The molecule has 6 nitrogen and oxygen atoms in total. The van der Waals surface area contributed by atoms with Gasteiger partial charge in [-0.3, -0.25) is 4.79 Å². The quantitative estimate of drug-likeness (QED) is 0.177. The molecular formula is C19H32BrIN4O2. The van der Waals surface area contributed by atoms with E-state index in [4.69, 9.17) is 4.74 Å². The van der Waals surface area contributed by atoms with Crippen molar-refractivity contribution < 1.29 is 9.53 Å². The minimum atomic E-state index is -0.149. The molecule has 0 aliphatic heterocycles. The van der Waals surface area contributed by atoms with Crippen LogP contribution < -0.4 is 16.0 Å². The van der Waals surface area contributed by atoms with Crippen molar-refractivity contribution in [2.24, 2.45) is 10.9 Å². The van der Waals surface area contributed by atoms with E-state index in [-0.39, 0.29) is 36.4 Å². The molecule has 0 radical (unpaired) electrons. The van der Waals surface area contributed by atoms with Crippen LogP contribution in [0.2, 0.25) is 0 Å². The molecule has 0 saturated heterocycles. The standard InChI is InChI=1S/C19H31BrN4O2.HI/c1-5-21-19(22-9-6-10-26-13-14(2)3)23-12-18(25)24-17-11-16(20)8-7-15(17)4;/h7-8,11,14H,5-6,9-10,12-13H2,1-4H3,(H,24,25)(H2,21,22,23);1H. The highest BCUT2D eigenvalue weighted by Gasteiger charge is 2.06. The zero-order chi connectivity index (χ0) is 19.4. The van der Waals surface area contributed by atoms with Crippen LogP contribution in [0.25, 0.3) is 0 Å². The summed E-state index contributed by atoms with van der Waals surface area (Å²) < 4.78 is 6.48. The number of anilines is 1. The SMILES string of the molecule is CCNC(=NCC(=O)Nc1cc(Br)ccc1C)NCCCOCC(C)C.I. The van der Waals surface area contributed by atoms with Gasteiger partial charge in [-0.15, -0.1) is 24.0 Å². The van der Waals surface area contributed by atoms with E-state index in [1.54, 1.807) is 0 Å². The minimum Gasteiger partial charge on any atom is -0.381 e. The minimum absolute atomic E-state index is 0. The maximum Gasteiger partial charge on any atom is 0.246 e. The molecule has 1 aromatic rings. The average Bonchev–Trinajstić information content (AvgIpc) is 2.58. The largest absolute Gasteiger partial charge is 0.381 e. The Kier molecular flexibility index (Phi) is 14.6. The van der Waals surface area contributed by atoms with E-state index in [0.717, 1.165) is 41.8 Å². The van der Waals surface area contributed by atoms with Gasteiger partial charge in [-0.25, -0.2) is 4.99 Å². The molecule has 1 aromatic carbocycles. The lowest BCUT2D eigenvalue weighted by atomic mass is 10.2. The number of hydrogen-bond acceptors (Lipinski definition) is 3. The maximum absolute atomic E-state index is 12.2. The summed E-state index contributed by atoms with van der Waals surface area (Å²) in [6, 6.07) is 5.79. The number of benzene rings is 1. The molecule has 0 heterocycles. The van der Waals surface area contributed by atoms with Crippen molar-refractivity contribution in [2.45, 2.75) is 34.1 Å². The van der Waals surface area contributed by atoms with Gasteiger partial charge in [0.15, 0.2) is 5.96 Å². The van der Waals surface area contributed by atoms with E-state index in [2.05, 4.69) is 50.7 Å². The van der Waals surface area contributed by atoms with Gasteiger partial charge in [-0.2, -0.15) is 0 Å². The summed E-state index contributed by atoms with van der Waals surface area (Å²) in [6.45, 7) is 11.3. The van der Waals surface area contributed by atoms with Crippen LogP contribution in [0.3, 0.4) is 0 Å². The van der Waals surface area contributed by atoms with Crippen molar-refractivity contribution in [2.75, 3.05) is 38.2 Å². The number of hydrogen-bond donors (Lipinski definition) is 3. The number of halogens is 2. The number of ether oxygens (including phenoxy) is 1. The second-order valence-electron chi connectivity index (χ2n) is 6.45. The van der Waals surface area contributed by atoms with Crippen LogP contribution in [0.15, 0.2) is 27.7 Å². The van der Waals surface area contributed by atoms with Crippen LogP contribution in [0.4, 0.5) is 5.69 Å². The molecule has 27 heavy (non-hydrogen) atoms. The monoisotopic (exact) mass is 554 g/mol. The number of carbonyl (C=O) groups is 1. The molecule has 0 fully saturated rings. The third-order valence-electron chi connectivity index (χ3n) is 3.41. The van der Waals surface area contributed by atoms with Gasteiger partial charge in [0.2, 0.25) is 5.91 Å². The summed E-state index contributed by atoms with van der Waals surface area (Å²) in [6.07, 6.45) is 0.889. The molecule has 0 spiro atoms. The Balaban J connectivity index is 0.00000676. The van der Waals surface area contributed by atoms with Crippen molar-refractivity contribution >= 4 is 57.5 Å². The number of carbonyl (C=O) groups excluding carboxylic acids is 1. The van der Waals surface area contributed by atoms with Gasteiger partial charge in [0.1, 0.15) is 6.54 Å². The number of aryl methyl sites for hydroxylation is 1. The van der Waals surface area contributed by atoms with Crippen molar-refractivity contribution in [1.29, 1.82) is 0 Å². The van der Waals surface area contributed by atoms with Gasteiger partial charge in [-0.05, 0) is 43.9 Å². The van der Waals surface area contributed by atoms with E-state index in [9.17, 15) is 4.79 Å². The third-order valence-corrected chi connectivity index (χ3v) is 3.90. The Bertz CT molecular complexity index is 597. The maximum atomic E-state index is 12.2. The van der Waals surface area contributed by atoms with Crippen LogP contribution in [0, 0.1) is 12.8 Å². The number of rotatable bonds is 10. The van der Waals surface area contributed by atoms with Gasteiger partial charge in [0.25, 0.3) is 0 Å². The van der Waals surface area contributed by atoms with Crippen LogP contribution in [-0.2, 0) is 9.53 Å². The first-order valence-electron chi connectivity index (χ1n) is 9.08. The van der Waals surface area contributed by atoms with Gasteiger partial charge in [-0.1, -0.05) is 35.8 Å². The van der Waals surface area contributed by atoms with Crippen LogP contribution in [0.1, 0.15) is 32.8 Å². The molecule has 1 rings (SSSR count). The predicted molar refractivity (Wildman–Crippen MR) is 127 cm³/mol. The first-order valence-corrected chi connectivity index (χ1v) is 9.87. The first-order chi connectivity index (χ1) is 12.4. The summed E-state index contributed by atoms with van der Waals surface area (Å²) >= 11 is 3.41. The second kappa shape index (κ2) is 15.1. The molecule has 0 atom stereocenters. The zero-order valence-electron chi connectivity index (χ0n) is 16.6. The fourth-order valence-electron chi connectivity index (χ4n) is 2.11. The van der Waals surface area contributed by atoms with Crippen molar-refractivity contribution in [3.63, 3.8) is 0 Å². The molecule has 154 valence electrons. The van der Waals surface area contributed by atoms with Crippen LogP contribution in [-0.4, -0.2) is 44.7 Å². The lowest BCUT2D eigenvalue weighted by molar-refractivity contribution is -0.114. The first kappa shape index (κ1) is 26.1. The zero-order valence-corrected chi connectivity index (χ0v) is 20.5. The van der Waals surface area contributed by atoms with E-state index >= 15 is 0 Å². The molecular weight excluding hydrogens is 523 g/mol. The number of guanidine groups is 1.